The van der Waals surface area contributed by atoms with E-state index in [0.29, 0.717) is 11.1 Å². The van der Waals surface area contributed by atoms with Gasteiger partial charge in [0.05, 0.1) is 12.3 Å². The van der Waals surface area contributed by atoms with Crippen molar-refractivity contribution in [2.24, 2.45) is 5.73 Å². The molecule has 0 aliphatic heterocycles. The van der Waals surface area contributed by atoms with E-state index in [1.165, 1.54) is 23.0 Å². The average molecular weight is 333 g/mol. The fourth-order valence-electron chi connectivity index (χ4n) is 1.79. The van der Waals surface area contributed by atoms with Gasteiger partial charge in [-0.25, -0.2) is 0 Å². The molecule has 0 spiro atoms. The molecule has 0 unspecified atom stereocenters. The molecule has 22 heavy (non-hydrogen) atoms. The van der Waals surface area contributed by atoms with Crippen LogP contribution in [0.4, 0.5) is 13.2 Å². The summed E-state index contributed by atoms with van der Waals surface area (Å²) in [6, 6.07) is 6.27. The van der Waals surface area contributed by atoms with Crippen LogP contribution in [-0.4, -0.2) is 16.1 Å². The fraction of sp³-hybridized carbons (Fsp3) is 0.231. The van der Waals surface area contributed by atoms with Crippen LogP contribution in [0.5, 0.6) is 5.75 Å². The molecule has 1 aromatic carbocycles. The molecule has 0 atom stereocenters. The molecule has 0 saturated heterocycles. The summed E-state index contributed by atoms with van der Waals surface area (Å²) in [6.07, 6.45) is -1.75. The van der Waals surface area contributed by atoms with E-state index in [2.05, 4.69) is 9.84 Å². The van der Waals surface area contributed by atoms with Crippen molar-refractivity contribution in [3.63, 3.8) is 0 Å². The molecule has 0 aliphatic carbocycles. The van der Waals surface area contributed by atoms with Gasteiger partial charge in [-0.1, -0.05) is 12.1 Å². The molecule has 0 amide bonds. The zero-order chi connectivity index (χ0) is 15.5. The topological polar surface area (TPSA) is 76.9 Å². The van der Waals surface area contributed by atoms with Crippen molar-refractivity contribution in [3.8, 4) is 22.9 Å². The highest BCUT2D eigenvalue weighted by Crippen LogP contribution is 2.31. The van der Waals surface area contributed by atoms with Gasteiger partial charge in [0.15, 0.2) is 0 Å². The van der Waals surface area contributed by atoms with E-state index in [1.54, 1.807) is 12.3 Å². The number of ether oxygens (including phenoxy) is 1. The molecule has 1 aromatic heterocycles. The molecule has 0 aliphatic rings. The highest BCUT2D eigenvalue weighted by molar-refractivity contribution is 5.85. The van der Waals surface area contributed by atoms with Crippen molar-refractivity contribution in [2.45, 2.75) is 19.5 Å². The third-order valence-corrected chi connectivity index (χ3v) is 2.71. The Hall–Kier alpha value is -2.24. The molecule has 5 nitrogen and oxygen atoms in total. The minimum absolute atomic E-state index is 0. The van der Waals surface area contributed by atoms with Gasteiger partial charge >= 0.3 is 6.36 Å². The van der Waals surface area contributed by atoms with E-state index in [-0.39, 0.29) is 36.8 Å². The Morgan fingerprint density at radius 3 is 2.64 bits per heavy atom. The standard InChI is InChI=1S/C13H11F3N4O.ClH/c14-13(15,16)21-12-5-9(1-2-10(12)6-18)11-7-19-20(8-11)4-3-17;/h1-2,5,7-8H,4,6,18H2;1H. The van der Waals surface area contributed by atoms with E-state index in [9.17, 15) is 13.2 Å². The second-order valence-electron chi connectivity index (χ2n) is 4.16. The highest BCUT2D eigenvalue weighted by atomic mass is 35.5. The van der Waals surface area contributed by atoms with Crippen molar-refractivity contribution in [3.05, 3.63) is 36.2 Å². The first kappa shape index (κ1) is 17.8. The Kier molecular flexibility index (Phi) is 5.79. The summed E-state index contributed by atoms with van der Waals surface area (Å²) < 4.78 is 42.5. The minimum Gasteiger partial charge on any atom is -0.405 e. The Morgan fingerprint density at radius 2 is 2.05 bits per heavy atom. The van der Waals surface area contributed by atoms with Crippen LogP contribution in [-0.2, 0) is 13.1 Å². The fourth-order valence-corrected chi connectivity index (χ4v) is 1.79. The lowest BCUT2D eigenvalue weighted by Gasteiger charge is -2.13. The van der Waals surface area contributed by atoms with Crippen LogP contribution in [0.3, 0.4) is 0 Å². The van der Waals surface area contributed by atoms with Gasteiger partial charge in [-0.15, -0.1) is 25.6 Å². The highest BCUT2D eigenvalue weighted by Gasteiger charge is 2.32. The normalized spacial score (nSPS) is 10.7. The Morgan fingerprint density at radius 1 is 1.32 bits per heavy atom. The van der Waals surface area contributed by atoms with Gasteiger partial charge in [-0.3, -0.25) is 4.68 Å². The Balaban J connectivity index is 0.00000242. The second-order valence-corrected chi connectivity index (χ2v) is 4.16. The van der Waals surface area contributed by atoms with Gasteiger partial charge in [-0.05, 0) is 11.6 Å². The number of nitrogens with zero attached hydrogens (tertiary/aromatic N) is 3. The van der Waals surface area contributed by atoms with Crippen LogP contribution in [0.25, 0.3) is 11.1 Å². The second kappa shape index (κ2) is 7.15. The van der Waals surface area contributed by atoms with Gasteiger partial charge in [0.1, 0.15) is 12.3 Å². The molecule has 0 saturated carbocycles. The molecule has 118 valence electrons. The van der Waals surface area contributed by atoms with Gasteiger partial charge in [0.2, 0.25) is 0 Å². The minimum atomic E-state index is -4.78. The molecule has 0 fully saturated rings. The van der Waals surface area contributed by atoms with Crippen molar-refractivity contribution >= 4 is 12.4 Å². The van der Waals surface area contributed by atoms with E-state index in [1.807, 2.05) is 6.07 Å². The van der Waals surface area contributed by atoms with Crippen LogP contribution < -0.4 is 10.5 Å². The zero-order valence-corrected chi connectivity index (χ0v) is 12.0. The lowest BCUT2D eigenvalue weighted by molar-refractivity contribution is -0.274. The van der Waals surface area contributed by atoms with Crippen molar-refractivity contribution in [1.29, 1.82) is 5.26 Å². The Bertz CT molecular complexity index is 679. The number of halogens is 4. The molecule has 2 N–H and O–H groups in total. The largest absolute Gasteiger partial charge is 0.573 e. The van der Waals surface area contributed by atoms with Crippen molar-refractivity contribution in [1.82, 2.24) is 9.78 Å². The summed E-state index contributed by atoms with van der Waals surface area (Å²) in [5, 5.41) is 12.5. The third kappa shape index (κ3) is 4.38. The quantitative estimate of drug-likeness (QED) is 0.934. The molecule has 2 aromatic rings. The Labute approximate surface area is 130 Å². The summed E-state index contributed by atoms with van der Waals surface area (Å²) in [5.41, 5.74) is 6.73. The van der Waals surface area contributed by atoms with Gasteiger partial charge in [0, 0.05) is 23.9 Å². The summed E-state index contributed by atoms with van der Waals surface area (Å²) in [5.74, 6) is -0.337. The lowest BCUT2D eigenvalue weighted by Crippen LogP contribution is -2.18. The predicted molar refractivity (Wildman–Crippen MR) is 75.1 cm³/mol. The van der Waals surface area contributed by atoms with Gasteiger partial charge in [-0.2, -0.15) is 10.4 Å². The smallest absolute Gasteiger partial charge is 0.405 e. The van der Waals surface area contributed by atoms with Crippen LogP contribution in [0, 0.1) is 11.3 Å². The first-order valence-electron chi connectivity index (χ1n) is 5.91. The van der Waals surface area contributed by atoms with Crippen LogP contribution in [0.15, 0.2) is 30.6 Å². The predicted octanol–water partition coefficient (Wildman–Crippen LogP) is 2.85. The summed E-state index contributed by atoms with van der Waals surface area (Å²) >= 11 is 0. The number of nitrogens with two attached hydrogens (primary N) is 1. The molecule has 9 heteroatoms. The molecule has 1 heterocycles. The summed E-state index contributed by atoms with van der Waals surface area (Å²) in [6.45, 7) is -0.00776. The van der Waals surface area contributed by atoms with Crippen molar-refractivity contribution in [2.75, 3.05) is 0 Å². The molecule has 2 rings (SSSR count). The number of rotatable bonds is 4. The third-order valence-electron chi connectivity index (χ3n) is 2.71. The zero-order valence-electron chi connectivity index (χ0n) is 11.2. The summed E-state index contributed by atoms with van der Waals surface area (Å²) in [7, 11) is 0. The molecular weight excluding hydrogens is 321 g/mol. The average Bonchev–Trinajstić information content (AvgIpc) is 2.86. The lowest BCUT2D eigenvalue weighted by atomic mass is 10.1. The van der Waals surface area contributed by atoms with Crippen LogP contribution >= 0.6 is 12.4 Å². The number of benzene rings is 1. The molecule has 0 bridgehead atoms. The van der Waals surface area contributed by atoms with E-state index >= 15 is 0 Å². The van der Waals surface area contributed by atoms with E-state index in [0.717, 1.165) is 0 Å². The first-order valence-corrected chi connectivity index (χ1v) is 5.91. The number of hydrogen-bond donors (Lipinski definition) is 1. The maximum Gasteiger partial charge on any atom is 0.573 e. The molecule has 0 radical (unpaired) electrons. The van der Waals surface area contributed by atoms with Crippen LogP contribution in [0.2, 0.25) is 0 Å². The number of hydrogen-bond acceptors (Lipinski definition) is 4. The number of alkyl halides is 3. The summed E-state index contributed by atoms with van der Waals surface area (Å²) in [4.78, 5) is 0. The SMILES string of the molecule is Cl.N#CCn1cc(-c2ccc(CN)c(OC(F)(F)F)c2)cn1. The van der Waals surface area contributed by atoms with E-state index < -0.39 is 6.36 Å². The monoisotopic (exact) mass is 332 g/mol. The number of aromatic nitrogens is 2. The van der Waals surface area contributed by atoms with E-state index in [4.69, 9.17) is 11.0 Å². The maximum atomic E-state index is 12.4. The molecular formula is C13H12ClF3N4O. The van der Waals surface area contributed by atoms with Crippen LogP contribution in [0.1, 0.15) is 5.56 Å². The van der Waals surface area contributed by atoms with Gasteiger partial charge < -0.3 is 10.5 Å². The maximum absolute atomic E-state index is 12.4. The van der Waals surface area contributed by atoms with Gasteiger partial charge in [0.25, 0.3) is 0 Å². The first-order chi connectivity index (χ1) is 9.93. The number of nitriles is 1. The van der Waals surface area contributed by atoms with Crippen molar-refractivity contribution < 1.29 is 17.9 Å².